The molecule has 1 amide bonds. The quantitative estimate of drug-likeness (QED) is 0.711. The number of rotatable bonds is 3. The summed E-state index contributed by atoms with van der Waals surface area (Å²) >= 11 is 0. The molecular weight excluding hydrogens is 180 g/mol. The van der Waals surface area contributed by atoms with E-state index in [1.165, 1.54) is 20.8 Å². The van der Waals surface area contributed by atoms with Crippen LogP contribution in [0.25, 0.3) is 0 Å². The maximum atomic E-state index is 12.1. The number of hydrogen-bond donors (Lipinski definition) is 0. The lowest BCUT2D eigenvalue weighted by Gasteiger charge is -2.25. The van der Waals surface area contributed by atoms with Crippen molar-refractivity contribution in [2.24, 2.45) is 0 Å². The van der Waals surface area contributed by atoms with Crippen LogP contribution in [0.2, 0.25) is 0 Å². The molecule has 0 aromatic carbocycles. The second-order valence-corrected chi connectivity index (χ2v) is 3.56. The maximum Gasteiger partial charge on any atom is 0.410 e. The van der Waals surface area contributed by atoms with Crippen LogP contribution in [0.5, 0.6) is 0 Å². The van der Waals surface area contributed by atoms with Gasteiger partial charge in [0.25, 0.3) is 0 Å². The molecule has 0 aliphatic carbocycles. The summed E-state index contributed by atoms with van der Waals surface area (Å²) in [6.45, 7) is -10.1. The second kappa shape index (κ2) is 5.20. The van der Waals surface area contributed by atoms with Crippen LogP contribution in [0, 0.1) is 0 Å². The predicted octanol–water partition coefficient (Wildman–Crippen LogP) is 1.41. The normalized spacial score (nSPS) is 27.0. The molecule has 0 aromatic heterocycles. The van der Waals surface area contributed by atoms with E-state index in [0.717, 1.165) is 0 Å². The molecule has 0 atom stereocenters. The Labute approximate surface area is 102 Å². The molecule has 0 rings (SSSR count). The first-order chi connectivity index (χ1) is 10.6. The van der Waals surface area contributed by atoms with Gasteiger partial charge >= 0.3 is 6.09 Å². The molecule has 0 fully saturated rings. The summed E-state index contributed by atoms with van der Waals surface area (Å²) in [6, 6.07) is 0. The number of carbonyl (C=O) groups excluding carboxylic acids is 1. The van der Waals surface area contributed by atoms with E-state index in [0.29, 0.717) is 0 Å². The first-order valence-corrected chi connectivity index (χ1v) is 3.90. The van der Waals surface area contributed by atoms with Gasteiger partial charge in [-0.2, -0.15) is 0 Å². The van der Waals surface area contributed by atoms with Crippen molar-refractivity contribution in [2.75, 3.05) is 34.0 Å². The first kappa shape index (κ1) is 3.67. The van der Waals surface area contributed by atoms with E-state index in [4.69, 9.17) is 19.8 Å². The predicted molar refractivity (Wildman–Crippen MR) is 57.4 cm³/mol. The highest BCUT2D eigenvalue weighted by molar-refractivity contribution is 5.67. The zero-order valence-corrected chi connectivity index (χ0v) is 8.42. The standard InChI is InChI=1S/C10H22N2O2/c1-10(2,3)14-9(13)12(6)8-7-11(4)5/h7-8H2,1-6H3/i4D3,5D3,6D3,8D2. The van der Waals surface area contributed by atoms with Crippen LogP contribution < -0.4 is 0 Å². The van der Waals surface area contributed by atoms with E-state index in [9.17, 15) is 4.79 Å². The molecule has 0 bridgehead atoms. The van der Waals surface area contributed by atoms with Gasteiger partial charge in [-0.15, -0.1) is 0 Å². The number of ether oxygens (including phenoxy) is 1. The Hall–Kier alpha value is -0.770. The van der Waals surface area contributed by atoms with Crippen LogP contribution in [-0.2, 0) is 4.74 Å². The number of hydrogen-bond acceptors (Lipinski definition) is 3. The average molecular weight is 213 g/mol. The molecule has 0 spiro atoms. The van der Waals surface area contributed by atoms with Gasteiger partial charge in [-0.25, -0.2) is 4.79 Å². The van der Waals surface area contributed by atoms with Crippen molar-refractivity contribution in [2.45, 2.75) is 26.4 Å². The summed E-state index contributed by atoms with van der Waals surface area (Å²) in [4.78, 5) is 11.7. The van der Waals surface area contributed by atoms with E-state index in [2.05, 4.69) is 0 Å². The Balaban J connectivity index is 5.88. The van der Waals surface area contributed by atoms with Gasteiger partial charge in [0.1, 0.15) is 5.60 Å². The van der Waals surface area contributed by atoms with Crippen molar-refractivity contribution in [1.29, 1.82) is 0 Å². The minimum absolute atomic E-state index is 0.164. The van der Waals surface area contributed by atoms with Crippen molar-refractivity contribution < 1.29 is 24.6 Å². The van der Waals surface area contributed by atoms with Crippen molar-refractivity contribution in [3.63, 3.8) is 0 Å². The summed E-state index contributed by atoms with van der Waals surface area (Å²) in [5.41, 5.74) is -1.15. The molecule has 0 N–H and O–H groups in total. The lowest BCUT2D eigenvalue weighted by atomic mass is 10.2. The van der Waals surface area contributed by atoms with Crippen LogP contribution in [0.15, 0.2) is 0 Å². The highest BCUT2D eigenvalue weighted by Gasteiger charge is 2.19. The SMILES string of the molecule is [2H]C([2H])([2H])N(CC([2H])([2H])N(C(=O)OC(C)(C)C)C([2H])([2H])[2H])C([2H])([2H])[2H]. The highest BCUT2D eigenvalue weighted by atomic mass is 16.6. The van der Waals surface area contributed by atoms with Gasteiger partial charge in [0.2, 0.25) is 0 Å². The molecule has 0 aliphatic heterocycles. The number of nitrogens with zero attached hydrogens (tertiary/aromatic N) is 2. The Morgan fingerprint density at radius 1 is 1.43 bits per heavy atom. The van der Waals surface area contributed by atoms with E-state index >= 15 is 0 Å². The molecular formula is C10H22N2O2. The Morgan fingerprint density at radius 3 is 2.50 bits per heavy atom. The van der Waals surface area contributed by atoms with Crippen molar-refractivity contribution in [1.82, 2.24) is 9.80 Å². The third kappa shape index (κ3) is 6.71. The number of carbonyl (C=O) groups is 1. The summed E-state index contributed by atoms with van der Waals surface area (Å²) in [7, 11) is 0. The largest absolute Gasteiger partial charge is 0.444 e. The molecule has 4 heteroatoms. The van der Waals surface area contributed by atoms with E-state index in [1.807, 2.05) is 0 Å². The van der Waals surface area contributed by atoms with Gasteiger partial charge < -0.3 is 14.5 Å². The minimum Gasteiger partial charge on any atom is -0.444 e. The van der Waals surface area contributed by atoms with Crippen LogP contribution in [0.1, 0.15) is 35.8 Å². The summed E-state index contributed by atoms with van der Waals surface area (Å²) in [5, 5.41) is 0. The number of likely N-dealkylation sites (N-methyl/N-ethyl adjacent to an activating group) is 2. The number of amides is 1. The zero-order chi connectivity index (χ0) is 20.6. The van der Waals surface area contributed by atoms with Crippen molar-refractivity contribution in [3.05, 3.63) is 0 Å². The molecule has 0 radical (unpaired) electrons. The van der Waals surface area contributed by atoms with Crippen LogP contribution in [0.4, 0.5) is 4.79 Å². The van der Waals surface area contributed by atoms with Gasteiger partial charge in [0, 0.05) is 32.4 Å². The fourth-order valence-corrected chi connectivity index (χ4v) is 0.514. The Morgan fingerprint density at radius 2 is 2.07 bits per heavy atom. The molecule has 84 valence electrons. The Bertz CT molecular complexity index is 461. The molecule has 0 unspecified atom stereocenters. The zero-order valence-electron chi connectivity index (χ0n) is 19.4. The summed E-state index contributed by atoms with van der Waals surface area (Å²) in [6.07, 6.45) is -1.56. The van der Waals surface area contributed by atoms with Gasteiger partial charge in [0.05, 0.1) is 2.74 Å². The maximum absolute atomic E-state index is 12.1. The molecule has 0 heterocycles. The molecule has 14 heavy (non-hydrogen) atoms. The fraction of sp³-hybridized carbons (Fsp3) is 0.900. The first-order valence-electron chi connectivity index (χ1n) is 9.40. The van der Waals surface area contributed by atoms with Crippen molar-refractivity contribution in [3.8, 4) is 0 Å². The topological polar surface area (TPSA) is 32.8 Å². The smallest absolute Gasteiger partial charge is 0.410 e. The molecule has 0 aromatic rings. The van der Waals surface area contributed by atoms with Gasteiger partial charge in [0.15, 0.2) is 0 Å². The van der Waals surface area contributed by atoms with Crippen molar-refractivity contribution >= 4 is 6.09 Å². The molecule has 0 aliphatic rings. The summed E-state index contributed by atoms with van der Waals surface area (Å²) < 4.78 is 86.0. The van der Waals surface area contributed by atoms with Crippen LogP contribution in [0.3, 0.4) is 0 Å². The third-order valence-corrected chi connectivity index (χ3v) is 0.963. The van der Waals surface area contributed by atoms with Gasteiger partial charge in [-0.1, -0.05) is 0 Å². The van der Waals surface area contributed by atoms with Crippen LogP contribution >= 0.6 is 0 Å². The lowest BCUT2D eigenvalue weighted by Crippen LogP contribution is -2.37. The average Bonchev–Trinajstić information content (AvgIpc) is 2.16. The van der Waals surface area contributed by atoms with Gasteiger partial charge in [-0.3, -0.25) is 0 Å². The Kier molecular flexibility index (Phi) is 1.36. The third-order valence-electron chi connectivity index (χ3n) is 0.963. The molecule has 0 saturated carbocycles. The fourth-order valence-electron chi connectivity index (χ4n) is 0.514. The second-order valence-electron chi connectivity index (χ2n) is 3.56. The van der Waals surface area contributed by atoms with Crippen LogP contribution in [-0.4, -0.2) is 55.5 Å². The highest BCUT2D eigenvalue weighted by Crippen LogP contribution is 2.08. The van der Waals surface area contributed by atoms with E-state index in [1.54, 1.807) is 0 Å². The minimum atomic E-state index is -3.33. The molecule has 0 saturated heterocycles. The van der Waals surface area contributed by atoms with E-state index in [-0.39, 0.29) is 9.80 Å². The van der Waals surface area contributed by atoms with Gasteiger partial charge in [-0.05, 0) is 34.7 Å². The van der Waals surface area contributed by atoms with E-state index < -0.39 is 45.7 Å². The molecule has 4 nitrogen and oxygen atoms in total. The monoisotopic (exact) mass is 213 g/mol. The summed E-state index contributed by atoms with van der Waals surface area (Å²) in [5.74, 6) is 0. The lowest BCUT2D eigenvalue weighted by molar-refractivity contribution is 0.0290.